The molecule has 0 bridgehead atoms. The van der Waals surface area contributed by atoms with E-state index in [0.29, 0.717) is 6.04 Å². The molecule has 2 heterocycles. The van der Waals surface area contributed by atoms with Gasteiger partial charge in [-0.05, 0) is 6.07 Å². The Morgan fingerprint density at radius 2 is 2.22 bits per heavy atom. The summed E-state index contributed by atoms with van der Waals surface area (Å²) in [7, 11) is 1.86. The first-order valence-corrected chi connectivity index (χ1v) is 5.98. The van der Waals surface area contributed by atoms with Crippen LogP contribution in [0.4, 0.5) is 0 Å². The van der Waals surface area contributed by atoms with Crippen molar-refractivity contribution in [3.8, 4) is 11.5 Å². The highest BCUT2D eigenvalue weighted by atomic mass is 16.5. The normalized spacial score (nSPS) is 10.9. The van der Waals surface area contributed by atoms with Crippen LogP contribution < -0.4 is 10.1 Å². The molecule has 2 aromatic rings. The summed E-state index contributed by atoms with van der Waals surface area (Å²) in [6, 6.07) is 2.29. The van der Waals surface area contributed by atoms with Gasteiger partial charge in [-0.1, -0.05) is 13.8 Å². The minimum absolute atomic E-state index is 0.427. The molecular weight excluding hydrogens is 228 g/mol. The molecule has 0 radical (unpaired) electrons. The second kappa shape index (κ2) is 5.64. The van der Waals surface area contributed by atoms with Crippen molar-refractivity contribution >= 4 is 0 Å². The fourth-order valence-electron chi connectivity index (χ4n) is 1.54. The van der Waals surface area contributed by atoms with Gasteiger partial charge in [0.25, 0.3) is 0 Å². The molecule has 5 heteroatoms. The van der Waals surface area contributed by atoms with Crippen molar-refractivity contribution in [3.05, 3.63) is 36.4 Å². The van der Waals surface area contributed by atoms with Gasteiger partial charge >= 0.3 is 0 Å². The van der Waals surface area contributed by atoms with Gasteiger partial charge in [0.1, 0.15) is 5.75 Å². The number of ether oxygens (including phenoxy) is 1. The van der Waals surface area contributed by atoms with Crippen LogP contribution in [-0.2, 0) is 13.6 Å². The zero-order valence-corrected chi connectivity index (χ0v) is 10.9. The highest BCUT2D eigenvalue weighted by molar-refractivity contribution is 5.34. The van der Waals surface area contributed by atoms with Crippen LogP contribution >= 0.6 is 0 Å². The van der Waals surface area contributed by atoms with E-state index < -0.39 is 0 Å². The average Bonchev–Trinajstić information content (AvgIpc) is 2.73. The number of rotatable bonds is 5. The van der Waals surface area contributed by atoms with Gasteiger partial charge in [-0.3, -0.25) is 9.67 Å². The maximum Gasteiger partial charge on any atom is 0.165 e. The van der Waals surface area contributed by atoms with Crippen molar-refractivity contribution in [2.75, 3.05) is 0 Å². The quantitative estimate of drug-likeness (QED) is 0.877. The van der Waals surface area contributed by atoms with Crippen LogP contribution in [0.25, 0.3) is 0 Å². The highest BCUT2D eigenvalue weighted by Gasteiger charge is 2.06. The van der Waals surface area contributed by atoms with E-state index in [4.69, 9.17) is 4.74 Å². The Kier molecular flexibility index (Phi) is 3.94. The van der Waals surface area contributed by atoms with Crippen LogP contribution in [0.15, 0.2) is 30.9 Å². The Labute approximate surface area is 107 Å². The summed E-state index contributed by atoms with van der Waals surface area (Å²) >= 11 is 0. The maximum atomic E-state index is 5.80. The summed E-state index contributed by atoms with van der Waals surface area (Å²) in [5, 5.41) is 7.43. The molecule has 0 saturated carbocycles. The van der Waals surface area contributed by atoms with E-state index in [-0.39, 0.29) is 0 Å². The van der Waals surface area contributed by atoms with Crippen LogP contribution in [0.2, 0.25) is 0 Å². The van der Waals surface area contributed by atoms with Gasteiger partial charge in [-0.25, -0.2) is 0 Å². The van der Waals surface area contributed by atoms with Crippen LogP contribution in [0.3, 0.4) is 0 Å². The zero-order chi connectivity index (χ0) is 13.0. The van der Waals surface area contributed by atoms with E-state index in [1.54, 1.807) is 17.1 Å². The standard InChI is InChI=1S/C13H18N4O/c1-10(2)15-7-11-6-14-5-4-13(11)18-12-8-16-17(3)9-12/h4-6,8-10,15H,7H2,1-3H3. The molecule has 0 saturated heterocycles. The van der Waals surface area contributed by atoms with E-state index in [1.165, 1.54) is 0 Å². The molecule has 18 heavy (non-hydrogen) atoms. The summed E-state index contributed by atoms with van der Waals surface area (Å²) in [6.45, 7) is 4.96. The van der Waals surface area contributed by atoms with Crippen molar-refractivity contribution < 1.29 is 4.74 Å². The molecule has 2 rings (SSSR count). The number of nitrogens with zero attached hydrogens (tertiary/aromatic N) is 3. The zero-order valence-electron chi connectivity index (χ0n) is 10.9. The van der Waals surface area contributed by atoms with Gasteiger partial charge in [-0.15, -0.1) is 0 Å². The lowest BCUT2D eigenvalue weighted by atomic mass is 10.2. The smallest absolute Gasteiger partial charge is 0.165 e. The van der Waals surface area contributed by atoms with Gasteiger partial charge in [-0.2, -0.15) is 5.10 Å². The van der Waals surface area contributed by atoms with E-state index >= 15 is 0 Å². The predicted octanol–water partition coefficient (Wildman–Crippen LogP) is 2.11. The van der Waals surface area contributed by atoms with Crippen LogP contribution in [0.1, 0.15) is 19.4 Å². The van der Waals surface area contributed by atoms with Crippen molar-refractivity contribution in [2.24, 2.45) is 7.05 Å². The summed E-state index contributed by atoms with van der Waals surface area (Å²) in [6.07, 6.45) is 7.08. The summed E-state index contributed by atoms with van der Waals surface area (Å²) in [4.78, 5) is 4.13. The Balaban J connectivity index is 2.11. The van der Waals surface area contributed by atoms with Crippen molar-refractivity contribution in [1.82, 2.24) is 20.1 Å². The first-order chi connectivity index (χ1) is 8.65. The number of aryl methyl sites for hydroxylation is 1. The second-order valence-corrected chi connectivity index (χ2v) is 4.47. The van der Waals surface area contributed by atoms with Crippen LogP contribution in [0.5, 0.6) is 11.5 Å². The summed E-state index contributed by atoms with van der Waals surface area (Å²) in [5.74, 6) is 1.54. The van der Waals surface area contributed by atoms with Gasteiger partial charge in [0.15, 0.2) is 5.75 Å². The molecule has 2 aromatic heterocycles. The predicted molar refractivity (Wildman–Crippen MR) is 69.5 cm³/mol. The second-order valence-electron chi connectivity index (χ2n) is 4.47. The molecule has 0 spiro atoms. The third kappa shape index (κ3) is 3.30. The van der Waals surface area contributed by atoms with Crippen LogP contribution in [-0.4, -0.2) is 20.8 Å². The lowest BCUT2D eigenvalue weighted by Crippen LogP contribution is -2.22. The minimum atomic E-state index is 0.427. The number of nitrogens with one attached hydrogen (secondary N) is 1. The number of hydrogen-bond acceptors (Lipinski definition) is 4. The molecule has 0 aliphatic heterocycles. The van der Waals surface area contributed by atoms with E-state index in [9.17, 15) is 0 Å². The molecule has 0 aromatic carbocycles. The van der Waals surface area contributed by atoms with E-state index in [1.807, 2.05) is 25.5 Å². The molecular formula is C13H18N4O. The molecule has 96 valence electrons. The SMILES string of the molecule is CC(C)NCc1cnccc1Oc1cnn(C)c1. The van der Waals surface area contributed by atoms with Gasteiger partial charge < -0.3 is 10.1 Å². The van der Waals surface area contributed by atoms with Crippen molar-refractivity contribution in [2.45, 2.75) is 26.4 Å². The lowest BCUT2D eigenvalue weighted by Gasteiger charge is -2.11. The molecule has 0 amide bonds. The topological polar surface area (TPSA) is 52.0 Å². The fourth-order valence-corrected chi connectivity index (χ4v) is 1.54. The third-order valence-corrected chi connectivity index (χ3v) is 2.47. The molecule has 0 unspecified atom stereocenters. The number of hydrogen-bond donors (Lipinski definition) is 1. The molecule has 0 aliphatic rings. The summed E-state index contributed by atoms with van der Waals surface area (Å²) < 4.78 is 7.51. The van der Waals surface area contributed by atoms with Gasteiger partial charge in [0, 0.05) is 37.6 Å². The Hall–Kier alpha value is -1.88. The third-order valence-electron chi connectivity index (χ3n) is 2.47. The van der Waals surface area contributed by atoms with Gasteiger partial charge in [0.2, 0.25) is 0 Å². The highest BCUT2D eigenvalue weighted by Crippen LogP contribution is 2.23. The number of pyridine rings is 1. The average molecular weight is 246 g/mol. The Morgan fingerprint density at radius 3 is 2.89 bits per heavy atom. The lowest BCUT2D eigenvalue weighted by molar-refractivity contribution is 0.467. The fraction of sp³-hybridized carbons (Fsp3) is 0.385. The largest absolute Gasteiger partial charge is 0.454 e. The molecule has 1 N–H and O–H groups in total. The monoisotopic (exact) mass is 246 g/mol. The first kappa shape index (κ1) is 12.6. The van der Waals surface area contributed by atoms with E-state index in [2.05, 4.69) is 29.2 Å². The minimum Gasteiger partial charge on any atom is -0.454 e. The number of aromatic nitrogens is 3. The Morgan fingerprint density at radius 1 is 1.39 bits per heavy atom. The molecule has 5 nitrogen and oxygen atoms in total. The van der Waals surface area contributed by atoms with Crippen molar-refractivity contribution in [1.29, 1.82) is 0 Å². The van der Waals surface area contributed by atoms with E-state index in [0.717, 1.165) is 23.6 Å². The van der Waals surface area contributed by atoms with Gasteiger partial charge in [0.05, 0.1) is 12.4 Å². The first-order valence-electron chi connectivity index (χ1n) is 5.98. The molecule has 0 atom stereocenters. The molecule has 0 aliphatic carbocycles. The Bertz CT molecular complexity index is 507. The summed E-state index contributed by atoms with van der Waals surface area (Å²) in [5.41, 5.74) is 1.04. The maximum absolute atomic E-state index is 5.80. The van der Waals surface area contributed by atoms with Crippen molar-refractivity contribution in [3.63, 3.8) is 0 Å². The van der Waals surface area contributed by atoms with Crippen LogP contribution in [0, 0.1) is 0 Å². The molecule has 0 fully saturated rings.